The van der Waals surface area contributed by atoms with Crippen LogP contribution in [0.25, 0.3) is 0 Å². The molecule has 0 spiro atoms. The molecule has 1 aromatic heterocycles. The van der Waals surface area contributed by atoms with E-state index in [2.05, 4.69) is 4.98 Å². The summed E-state index contributed by atoms with van der Waals surface area (Å²) in [6.07, 6.45) is -0.844. The lowest BCUT2D eigenvalue weighted by molar-refractivity contribution is -0.384. The predicted octanol–water partition coefficient (Wildman–Crippen LogP) is 5.61. The zero-order chi connectivity index (χ0) is 32.1. The highest BCUT2D eigenvalue weighted by Crippen LogP contribution is 2.42. The molecule has 1 N–H and O–H groups in total. The van der Waals surface area contributed by atoms with E-state index in [9.17, 15) is 20.0 Å². The van der Waals surface area contributed by atoms with Gasteiger partial charge in [0.1, 0.15) is 29.4 Å². The molecule has 234 valence electrons. The smallest absolute Gasteiger partial charge is 0.352 e. The molecule has 0 unspecified atom stereocenters. The Morgan fingerprint density at radius 2 is 1.48 bits per heavy atom. The molecular weight excluding hydrogens is 590 g/mol. The highest BCUT2D eigenvalue weighted by molar-refractivity contribution is 5.48. The molecule has 2 heterocycles. The second-order valence-corrected chi connectivity index (χ2v) is 10.7. The first kappa shape index (κ1) is 30.7. The van der Waals surface area contributed by atoms with E-state index >= 15 is 0 Å². The Kier molecular flexibility index (Phi) is 8.88. The Morgan fingerprint density at radius 1 is 0.891 bits per heavy atom. The lowest BCUT2D eigenvalue weighted by atomic mass is 9.80. The van der Waals surface area contributed by atoms with Crippen LogP contribution in [0, 0.1) is 10.1 Å². The molecule has 3 atom stereocenters. The van der Waals surface area contributed by atoms with Gasteiger partial charge in [-0.15, -0.1) is 0 Å². The van der Waals surface area contributed by atoms with Crippen molar-refractivity contribution >= 4 is 5.69 Å². The van der Waals surface area contributed by atoms with Gasteiger partial charge in [-0.2, -0.15) is 4.98 Å². The number of aromatic nitrogens is 2. The monoisotopic (exact) mass is 621 g/mol. The first-order chi connectivity index (χ1) is 22.4. The minimum atomic E-state index is -1.05. The van der Waals surface area contributed by atoms with Crippen molar-refractivity contribution in [3.05, 3.63) is 159 Å². The second kappa shape index (κ2) is 13.3. The van der Waals surface area contributed by atoms with E-state index in [1.807, 2.05) is 84.9 Å². The molecule has 0 bridgehead atoms. The van der Waals surface area contributed by atoms with Gasteiger partial charge in [-0.05, 0) is 41.0 Å². The molecule has 46 heavy (non-hydrogen) atoms. The molecule has 0 aliphatic carbocycles. The fraction of sp³-hybridized carbons (Fsp3) is 0.200. The number of non-ortho nitro benzene ring substituents is 1. The van der Waals surface area contributed by atoms with E-state index in [4.69, 9.17) is 18.9 Å². The number of ether oxygens (including phenoxy) is 4. The maximum absolute atomic E-state index is 13.0. The third-order valence-corrected chi connectivity index (χ3v) is 7.91. The molecule has 0 saturated carbocycles. The zero-order valence-electron chi connectivity index (χ0n) is 24.8. The fourth-order valence-corrected chi connectivity index (χ4v) is 5.59. The van der Waals surface area contributed by atoms with Crippen LogP contribution in [-0.2, 0) is 15.1 Å². The van der Waals surface area contributed by atoms with E-state index in [0.717, 1.165) is 16.7 Å². The van der Waals surface area contributed by atoms with Gasteiger partial charge in [0.2, 0.25) is 5.88 Å². The minimum absolute atomic E-state index is 0.0109. The van der Waals surface area contributed by atoms with Crippen molar-refractivity contribution in [3.63, 3.8) is 0 Å². The van der Waals surface area contributed by atoms with Crippen LogP contribution in [0.4, 0.5) is 5.69 Å². The average molecular weight is 622 g/mol. The van der Waals surface area contributed by atoms with Crippen LogP contribution < -0.4 is 15.2 Å². The molecule has 11 heteroatoms. The second-order valence-electron chi connectivity index (χ2n) is 10.7. The molecule has 4 aromatic carbocycles. The summed E-state index contributed by atoms with van der Waals surface area (Å²) >= 11 is 0. The summed E-state index contributed by atoms with van der Waals surface area (Å²) in [7, 11) is 1.61. The molecule has 1 fully saturated rings. The lowest BCUT2D eigenvalue weighted by Gasteiger charge is -2.37. The van der Waals surface area contributed by atoms with E-state index in [0.29, 0.717) is 5.75 Å². The van der Waals surface area contributed by atoms with Crippen molar-refractivity contribution in [1.82, 2.24) is 9.55 Å². The van der Waals surface area contributed by atoms with Crippen LogP contribution in [-0.4, -0.2) is 45.5 Å². The molecule has 1 aliphatic rings. The molecule has 5 aromatic rings. The van der Waals surface area contributed by atoms with Crippen LogP contribution in [0.15, 0.2) is 126 Å². The summed E-state index contributed by atoms with van der Waals surface area (Å²) in [5.41, 5.74) is 0.863. The lowest BCUT2D eigenvalue weighted by Crippen LogP contribution is -2.38. The third-order valence-electron chi connectivity index (χ3n) is 7.91. The number of hydrogen-bond acceptors (Lipinski definition) is 9. The van der Waals surface area contributed by atoms with Crippen LogP contribution in [0.1, 0.15) is 29.3 Å². The summed E-state index contributed by atoms with van der Waals surface area (Å²) in [6.45, 7) is 0.0109. The van der Waals surface area contributed by atoms with Crippen LogP contribution in [0.5, 0.6) is 17.4 Å². The molecule has 0 radical (unpaired) electrons. The van der Waals surface area contributed by atoms with Gasteiger partial charge in [0.25, 0.3) is 5.69 Å². The maximum atomic E-state index is 13.0. The van der Waals surface area contributed by atoms with Gasteiger partial charge < -0.3 is 24.1 Å². The van der Waals surface area contributed by atoms with Gasteiger partial charge in [0.05, 0.1) is 24.7 Å². The van der Waals surface area contributed by atoms with Crippen molar-refractivity contribution in [3.8, 4) is 17.4 Å². The number of methoxy groups -OCH3 is 1. The number of nitrogens with zero attached hydrogens (tertiary/aromatic N) is 3. The summed E-state index contributed by atoms with van der Waals surface area (Å²) in [4.78, 5) is 27.3. The predicted molar refractivity (Wildman–Crippen MR) is 168 cm³/mol. The van der Waals surface area contributed by atoms with Gasteiger partial charge in [-0.1, -0.05) is 72.8 Å². The maximum Gasteiger partial charge on any atom is 0.352 e. The highest BCUT2D eigenvalue weighted by atomic mass is 16.6. The van der Waals surface area contributed by atoms with Crippen LogP contribution in [0.2, 0.25) is 0 Å². The van der Waals surface area contributed by atoms with Gasteiger partial charge in [-0.25, -0.2) is 4.79 Å². The topological polar surface area (TPSA) is 135 Å². The zero-order valence-corrected chi connectivity index (χ0v) is 24.8. The largest absolute Gasteiger partial charge is 0.497 e. The van der Waals surface area contributed by atoms with Gasteiger partial charge in [0, 0.05) is 30.8 Å². The highest BCUT2D eigenvalue weighted by Gasteiger charge is 2.42. The normalized spacial score (nSPS) is 17.8. The molecule has 6 rings (SSSR count). The summed E-state index contributed by atoms with van der Waals surface area (Å²) < 4.78 is 25.3. The Bertz CT molecular complexity index is 1790. The fourth-order valence-electron chi connectivity index (χ4n) is 5.59. The molecule has 1 saturated heterocycles. The van der Waals surface area contributed by atoms with Crippen LogP contribution >= 0.6 is 0 Å². The Balaban J connectivity index is 1.24. The van der Waals surface area contributed by atoms with Crippen LogP contribution in [0.3, 0.4) is 0 Å². The number of nitro benzene ring substituents is 1. The molecule has 1 aliphatic heterocycles. The number of aliphatic hydroxyl groups is 1. The standard InChI is InChI=1S/C35H31N3O8/c1-43-28-16-12-26(13-17-28)35(24-8-4-2-5-9-24,25-10-6-3-7-11-25)44-23-31-30(39)22-33(46-31)37-21-20-32(36-34(37)40)45-29-18-14-27(15-19-29)38(41)42/h2-21,30-31,33,39H,22-23H2,1H3/t30-,31+,33+/m0/s1. The summed E-state index contributed by atoms with van der Waals surface area (Å²) in [5.74, 6) is 1.01. The number of hydrogen-bond donors (Lipinski definition) is 1. The Hall–Kier alpha value is -5.36. The summed E-state index contributed by atoms with van der Waals surface area (Å²) in [5, 5.41) is 22.0. The number of nitro groups is 1. The number of benzene rings is 4. The van der Waals surface area contributed by atoms with Crippen molar-refractivity contribution in [2.45, 2.75) is 30.5 Å². The summed E-state index contributed by atoms with van der Waals surface area (Å²) in [6, 6.07) is 34.3. The van der Waals surface area contributed by atoms with E-state index in [-0.39, 0.29) is 30.3 Å². The quantitative estimate of drug-likeness (QED) is 0.113. The van der Waals surface area contributed by atoms with Crippen molar-refractivity contribution in [2.75, 3.05) is 13.7 Å². The van der Waals surface area contributed by atoms with Gasteiger partial charge in [0.15, 0.2) is 0 Å². The van der Waals surface area contributed by atoms with Crippen molar-refractivity contribution in [1.29, 1.82) is 0 Å². The van der Waals surface area contributed by atoms with E-state index < -0.39 is 34.6 Å². The number of aliphatic hydroxyl groups excluding tert-OH is 1. The Morgan fingerprint density at radius 3 is 2.04 bits per heavy atom. The molecule has 11 nitrogen and oxygen atoms in total. The average Bonchev–Trinajstić information content (AvgIpc) is 3.46. The van der Waals surface area contributed by atoms with Gasteiger partial charge in [-0.3, -0.25) is 14.7 Å². The van der Waals surface area contributed by atoms with Crippen molar-refractivity contribution in [2.24, 2.45) is 0 Å². The first-order valence-corrected chi connectivity index (χ1v) is 14.6. The van der Waals surface area contributed by atoms with Gasteiger partial charge >= 0.3 is 5.69 Å². The SMILES string of the molecule is COc1ccc(C(OC[C@H]2O[C@@H](n3ccc(Oc4ccc([N+](=O)[O-])cc4)nc3=O)C[C@@H]2O)(c2ccccc2)c2ccccc2)cc1. The first-order valence-electron chi connectivity index (χ1n) is 14.6. The Labute approximate surface area is 264 Å². The third kappa shape index (κ3) is 6.24. The molecule has 0 amide bonds. The van der Waals surface area contributed by atoms with Crippen molar-refractivity contribution < 1.29 is 29.0 Å². The number of rotatable bonds is 11. The van der Waals surface area contributed by atoms with E-state index in [1.54, 1.807) is 7.11 Å². The van der Waals surface area contributed by atoms with E-state index in [1.165, 1.54) is 41.1 Å². The molecular formula is C35H31N3O8. The minimum Gasteiger partial charge on any atom is -0.497 e.